The van der Waals surface area contributed by atoms with Crippen molar-refractivity contribution in [1.82, 2.24) is 4.72 Å². The molecule has 154 valence electrons. The molecule has 1 aliphatic carbocycles. The van der Waals surface area contributed by atoms with Crippen LogP contribution < -0.4 is 14.2 Å². The van der Waals surface area contributed by atoms with Crippen LogP contribution in [0, 0.1) is 6.92 Å². The molecule has 1 heterocycles. The second-order valence-corrected chi connectivity index (χ2v) is 9.25. The van der Waals surface area contributed by atoms with Gasteiger partial charge in [-0.25, -0.2) is 13.1 Å². The number of rotatable bonds is 6. The minimum atomic E-state index is -3.66. The lowest BCUT2D eigenvalue weighted by Gasteiger charge is -2.28. The molecule has 4 rings (SSSR count). The highest BCUT2D eigenvalue weighted by Gasteiger charge is 2.28. The largest absolute Gasteiger partial charge is 0.454 e. The van der Waals surface area contributed by atoms with E-state index in [1.54, 1.807) is 24.3 Å². The van der Waals surface area contributed by atoms with E-state index >= 15 is 0 Å². The Bertz CT molecular complexity index is 1010. The van der Waals surface area contributed by atoms with Crippen molar-refractivity contribution < 1.29 is 23.0 Å². The molecular weight excluding hydrogens is 390 g/mol. The van der Waals surface area contributed by atoms with Gasteiger partial charge in [-0.2, -0.15) is 0 Å². The predicted octanol–water partition coefficient (Wildman–Crippen LogP) is 3.26. The summed E-state index contributed by atoms with van der Waals surface area (Å²) in [6.45, 7) is 2.24. The van der Waals surface area contributed by atoms with E-state index in [2.05, 4.69) is 4.72 Å². The Labute approximate surface area is 171 Å². The van der Waals surface area contributed by atoms with Crippen LogP contribution >= 0.6 is 0 Å². The fraction of sp³-hybridized carbons (Fsp3) is 0.364. The van der Waals surface area contributed by atoms with Crippen LogP contribution in [0.15, 0.2) is 59.0 Å². The SMILES string of the molecule is Cc1ccc(S(=O)(=O)NC[C@H](C2=CCCC[C@@H]2O)c2ccc3c(c2)OCO3)cc1. The molecule has 0 saturated heterocycles. The third-order valence-electron chi connectivity index (χ3n) is 5.46. The highest BCUT2D eigenvalue weighted by molar-refractivity contribution is 7.89. The quantitative estimate of drug-likeness (QED) is 0.708. The number of ether oxygens (including phenoxy) is 2. The lowest BCUT2D eigenvalue weighted by atomic mass is 9.83. The first-order valence-electron chi connectivity index (χ1n) is 9.78. The molecule has 0 radical (unpaired) electrons. The predicted molar refractivity (Wildman–Crippen MR) is 110 cm³/mol. The maximum Gasteiger partial charge on any atom is 0.240 e. The number of nitrogens with one attached hydrogen (secondary N) is 1. The molecule has 0 bridgehead atoms. The van der Waals surface area contributed by atoms with Gasteiger partial charge in [0.2, 0.25) is 16.8 Å². The molecule has 0 spiro atoms. The van der Waals surface area contributed by atoms with Crippen molar-refractivity contribution in [1.29, 1.82) is 0 Å². The smallest absolute Gasteiger partial charge is 0.240 e. The van der Waals surface area contributed by atoms with E-state index in [9.17, 15) is 13.5 Å². The third-order valence-corrected chi connectivity index (χ3v) is 6.90. The fourth-order valence-electron chi connectivity index (χ4n) is 3.81. The summed E-state index contributed by atoms with van der Waals surface area (Å²) in [5.74, 6) is 1.02. The number of allylic oxidation sites excluding steroid dienone is 1. The summed E-state index contributed by atoms with van der Waals surface area (Å²) in [5, 5.41) is 10.6. The van der Waals surface area contributed by atoms with Gasteiger partial charge in [0.25, 0.3) is 0 Å². The van der Waals surface area contributed by atoms with Crippen LogP contribution in [0.25, 0.3) is 0 Å². The van der Waals surface area contributed by atoms with E-state index in [1.165, 1.54) is 0 Å². The molecule has 0 amide bonds. The molecule has 0 fully saturated rings. The first-order chi connectivity index (χ1) is 13.9. The highest BCUT2D eigenvalue weighted by Crippen LogP contribution is 2.38. The third kappa shape index (κ3) is 4.32. The number of hydrogen-bond donors (Lipinski definition) is 2. The molecule has 2 aliphatic rings. The first-order valence-corrected chi connectivity index (χ1v) is 11.3. The molecular formula is C22H25NO5S. The Balaban J connectivity index is 1.62. The fourth-order valence-corrected chi connectivity index (χ4v) is 4.86. The summed E-state index contributed by atoms with van der Waals surface area (Å²) >= 11 is 0. The number of hydrogen-bond acceptors (Lipinski definition) is 5. The lowest BCUT2D eigenvalue weighted by molar-refractivity contribution is 0.173. The molecule has 1 aliphatic heterocycles. The maximum absolute atomic E-state index is 12.8. The Hall–Kier alpha value is -2.35. The number of sulfonamides is 1. The van der Waals surface area contributed by atoms with E-state index in [0.29, 0.717) is 17.9 Å². The molecule has 0 unspecified atom stereocenters. The second-order valence-electron chi connectivity index (χ2n) is 7.48. The van der Waals surface area contributed by atoms with Crippen molar-refractivity contribution in [3.05, 3.63) is 65.2 Å². The van der Waals surface area contributed by atoms with Gasteiger partial charge in [0.05, 0.1) is 11.0 Å². The van der Waals surface area contributed by atoms with Gasteiger partial charge < -0.3 is 14.6 Å². The number of aliphatic hydroxyl groups excluding tert-OH is 1. The molecule has 0 aromatic heterocycles. The van der Waals surface area contributed by atoms with E-state index in [1.807, 2.05) is 31.2 Å². The van der Waals surface area contributed by atoms with Gasteiger partial charge in [-0.3, -0.25) is 0 Å². The van der Waals surface area contributed by atoms with Gasteiger partial charge >= 0.3 is 0 Å². The molecule has 2 atom stereocenters. The van der Waals surface area contributed by atoms with Crippen LogP contribution in [0.4, 0.5) is 0 Å². The van der Waals surface area contributed by atoms with Crippen LogP contribution in [0.2, 0.25) is 0 Å². The number of aliphatic hydroxyl groups is 1. The normalized spacial score (nSPS) is 19.7. The van der Waals surface area contributed by atoms with Crippen LogP contribution in [-0.2, 0) is 10.0 Å². The van der Waals surface area contributed by atoms with Crippen LogP contribution in [0.3, 0.4) is 0 Å². The minimum absolute atomic E-state index is 0.152. The zero-order chi connectivity index (χ0) is 20.4. The van der Waals surface area contributed by atoms with E-state index < -0.39 is 16.1 Å². The van der Waals surface area contributed by atoms with Crippen molar-refractivity contribution in [2.75, 3.05) is 13.3 Å². The summed E-state index contributed by atoms with van der Waals surface area (Å²) in [4.78, 5) is 0.228. The first kappa shape index (κ1) is 19.9. The highest BCUT2D eigenvalue weighted by atomic mass is 32.2. The van der Waals surface area contributed by atoms with E-state index in [0.717, 1.165) is 29.5 Å². The van der Waals surface area contributed by atoms with E-state index in [4.69, 9.17) is 9.47 Å². The molecule has 2 N–H and O–H groups in total. The van der Waals surface area contributed by atoms with Gasteiger partial charge in [0.15, 0.2) is 11.5 Å². The lowest BCUT2D eigenvalue weighted by Crippen LogP contribution is -2.32. The Kier molecular flexibility index (Phi) is 5.63. The molecule has 29 heavy (non-hydrogen) atoms. The van der Waals surface area contributed by atoms with Crippen molar-refractivity contribution in [3.8, 4) is 11.5 Å². The Morgan fingerprint density at radius 2 is 1.90 bits per heavy atom. The monoisotopic (exact) mass is 415 g/mol. The molecule has 0 saturated carbocycles. The number of aryl methyl sites for hydroxylation is 1. The van der Waals surface area contributed by atoms with E-state index in [-0.39, 0.29) is 24.2 Å². The summed E-state index contributed by atoms with van der Waals surface area (Å²) < 4.78 is 39.2. The molecule has 2 aromatic carbocycles. The zero-order valence-electron chi connectivity index (χ0n) is 16.3. The van der Waals surface area contributed by atoms with Gasteiger partial charge in [0.1, 0.15) is 0 Å². The average molecular weight is 416 g/mol. The molecule has 7 heteroatoms. The van der Waals surface area contributed by atoms with Crippen molar-refractivity contribution in [3.63, 3.8) is 0 Å². The van der Waals surface area contributed by atoms with Gasteiger partial charge in [-0.15, -0.1) is 0 Å². The second kappa shape index (κ2) is 8.18. The molecule has 6 nitrogen and oxygen atoms in total. The van der Waals surface area contributed by atoms with Crippen LogP contribution in [0.5, 0.6) is 11.5 Å². The van der Waals surface area contributed by atoms with Gasteiger partial charge in [-0.1, -0.05) is 29.8 Å². The summed E-state index contributed by atoms with van der Waals surface area (Å²) in [5.41, 5.74) is 2.73. The Morgan fingerprint density at radius 3 is 2.66 bits per heavy atom. The van der Waals surface area contributed by atoms with Gasteiger partial charge in [0, 0.05) is 12.5 Å². The standard InChI is InChI=1S/C22H25NO5S/c1-15-6-9-17(10-7-15)29(25,26)23-13-19(18-4-2-3-5-20(18)24)16-8-11-21-22(12-16)28-14-27-21/h4,6-12,19-20,23-24H,2-3,5,13-14H2,1H3/t19-,20-/m0/s1. The van der Waals surface area contributed by atoms with Crippen molar-refractivity contribution in [2.24, 2.45) is 0 Å². The Morgan fingerprint density at radius 1 is 1.14 bits per heavy atom. The van der Waals surface area contributed by atoms with Crippen LogP contribution in [-0.4, -0.2) is 33.0 Å². The summed E-state index contributed by atoms with van der Waals surface area (Å²) in [7, 11) is -3.66. The number of benzene rings is 2. The average Bonchev–Trinajstić information content (AvgIpc) is 3.18. The topological polar surface area (TPSA) is 84.9 Å². The maximum atomic E-state index is 12.8. The zero-order valence-corrected chi connectivity index (χ0v) is 17.1. The summed E-state index contributed by atoms with van der Waals surface area (Å²) in [6, 6.07) is 12.4. The van der Waals surface area contributed by atoms with Crippen molar-refractivity contribution in [2.45, 2.75) is 43.1 Å². The van der Waals surface area contributed by atoms with Gasteiger partial charge in [-0.05, 0) is 61.6 Å². The summed E-state index contributed by atoms with van der Waals surface area (Å²) in [6.07, 6.45) is 3.93. The molecule has 2 aromatic rings. The van der Waals surface area contributed by atoms with Crippen LogP contribution in [0.1, 0.15) is 36.3 Å². The van der Waals surface area contributed by atoms with Crippen molar-refractivity contribution >= 4 is 10.0 Å². The minimum Gasteiger partial charge on any atom is -0.454 e. The number of fused-ring (bicyclic) bond motifs is 1.